The van der Waals surface area contributed by atoms with Crippen molar-refractivity contribution < 1.29 is 9.53 Å². The minimum atomic E-state index is -0.536. The number of anilines is 2. The van der Waals surface area contributed by atoms with Gasteiger partial charge in [-0.25, -0.2) is 4.79 Å². The Labute approximate surface area is 233 Å². The van der Waals surface area contributed by atoms with Crippen LogP contribution in [0.3, 0.4) is 0 Å². The van der Waals surface area contributed by atoms with E-state index in [1.807, 2.05) is 116 Å². The molecule has 0 bridgehead atoms. The SMILES string of the molecule is CCOC(=O)C1=C(Nc2ccccc2)CC(c2ccccc2Cl)N(c2ccccc2)C1c1ccccc1Cl. The van der Waals surface area contributed by atoms with Gasteiger partial charge in [-0.15, -0.1) is 0 Å². The molecule has 38 heavy (non-hydrogen) atoms. The standard InChI is InChI=1S/C32H28Cl2N2O2/c1-2-38-32(37)30-28(35-22-13-5-3-6-14-22)21-29(24-17-9-11-19-26(24)33)36(23-15-7-4-8-16-23)31(30)25-18-10-12-20-27(25)34/h3-20,29,31,35H,2,21H2,1H3. The Balaban J connectivity index is 1.81. The van der Waals surface area contributed by atoms with E-state index in [2.05, 4.69) is 10.2 Å². The number of esters is 1. The molecule has 1 heterocycles. The highest BCUT2D eigenvalue weighted by atomic mass is 35.5. The summed E-state index contributed by atoms with van der Waals surface area (Å²) < 4.78 is 5.66. The molecular formula is C32H28Cl2N2O2. The molecule has 192 valence electrons. The van der Waals surface area contributed by atoms with Crippen molar-refractivity contribution >= 4 is 40.5 Å². The molecule has 4 aromatic rings. The summed E-state index contributed by atoms with van der Waals surface area (Å²) in [4.78, 5) is 16.0. The Morgan fingerprint density at radius 2 is 1.37 bits per heavy atom. The molecule has 1 N–H and O–H groups in total. The van der Waals surface area contributed by atoms with Gasteiger partial charge in [0.15, 0.2) is 0 Å². The lowest BCUT2D eigenvalue weighted by Gasteiger charge is -2.46. The summed E-state index contributed by atoms with van der Waals surface area (Å²) in [5.74, 6) is -0.380. The van der Waals surface area contributed by atoms with E-state index in [1.54, 1.807) is 0 Å². The van der Waals surface area contributed by atoms with Gasteiger partial charge in [-0.05, 0) is 54.4 Å². The highest BCUT2D eigenvalue weighted by Gasteiger charge is 2.43. The lowest BCUT2D eigenvalue weighted by Crippen LogP contribution is -2.42. The quantitative estimate of drug-likeness (QED) is 0.237. The third kappa shape index (κ3) is 5.28. The normalized spacial score (nSPS) is 17.3. The molecule has 0 aromatic heterocycles. The molecule has 2 unspecified atom stereocenters. The topological polar surface area (TPSA) is 41.6 Å². The van der Waals surface area contributed by atoms with Crippen LogP contribution >= 0.6 is 23.2 Å². The average molecular weight is 543 g/mol. The first-order valence-electron chi connectivity index (χ1n) is 12.6. The van der Waals surface area contributed by atoms with Gasteiger partial charge in [-0.3, -0.25) is 0 Å². The van der Waals surface area contributed by atoms with Gasteiger partial charge in [0.05, 0.1) is 24.3 Å². The third-order valence-corrected chi connectivity index (χ3v) is 7.38. The van der Waals surface area contributed by atoms with Crippen molar-refractivity contribution in [3.8, 4) is 0 Å². The van der Waals surface area contributed by atoms with Crippen molar-refractivity contribution in [2.45, 2.75) is 25.4 Å². The zero-order chi connectivity index (χ0) is 26.5. The molecule has 2 atom stereocenters. The van der Waals surface area contributed by atoms with Crippen molar-refractivity contribution in [3.63, 3.8) is 0 Å². The minimum Gasteiger partial charge on any atom is -0.463 e. The van der Waals surface area contributed by atoms with Crippen molar-refractivity contribution in [1.29, 1.82) is 0 Å². The predicted octanol–water partition coefficient (Wildman–Crippen LogP) is 8.62. The molecular weight excluding hydrogens is 515 g/mol. The number of carbonyl (C=O) groups excluding carboxylic acids is 1. The fourth-order valence-electron chi connectivity index (χ4n) is 5.08. The van der Waals surface area contributed by atoms with Crippen LogP contribution in [0.1, 0.15) is 36.6 Å². The lowest BCUT2D eigenvalue weighted by molar-refractivity contribution is -0.139. The summed E-state index contributed by atoms with van der Waals surface area (Å²) in [5.41, 5.74) is 4.90. The van der Waals surface area contributed by atoms with Crippen LogP contribution in [-0.4, -0.2) is 12.6 Å². The van der Waals surface area contributed by atoms with Crippen molar-refractivity contribution in [2.75, 3.05) is 16.8 Å². The van der Waals surface area contributed by atoms with E-state index in [1.165, 1.54) is 0 Å². The second-order valence-electron chi connectivity index (χ2n) is 9.01. The first-order valence-corrected chi connectivity index (χ1v) is 13.4. The first kappa shape index (κ1) is 25.9. The molecule has 5 rings (SSSR count). The summed E-state index contributed by atoms with van der Waals surface area (Å²) in [6.45, 7) is 2.08. The molecule has 0 saturated carbocycles. The van der Waals surface area contributed by atoms with Crippen LogP contribution in [0.5, 0.6) is 0 Å². The molecule has 4 nitrogen and oxygen atoms in total. The minimum absolute atomic E-state index is 0.197. The van der Waals surface area contributed by atoms with Gasteiger partial charge in [0, 0.05) is 33.5 Å². The van der Waals surface area contributed by atoms with Gasteiger partial charge in [0.25, 0.3) is 0 Å². The number of para-hydroxylation sites is 2. The number of hydrogen-bond donors (Lipinski definition) is 1. The highest BCUT2D eigenvalue weighted by Crippen LogP contribution is 2.50. The Morgan fingerprint density at radius 3 is 1.97 bits per heavy atom. The Kier molecular flexibility index (Phi) is 8.02. The van der Waals surface area contributed by atoms with Gasteiger partial charge in [0.2, 0.25) is 0 Å². The number of ether oxygens (including phenoxy) is 1. The van der Waals surface area contributed by atoms with Crippen molar-refractivity contribution in [2.24, 2.45) is 0 Å². The zero-order valence-corrected chi connectivity index (χ0v) is 22.5. The smallest absolute Gasteiger partial charge is 0.338 e. The maximum atomic E-state index is 13.8. The van der Waals surface area contributed by atoms with Crippen molar-refractivity contribution in [1.82, 2.24) is 0 Å². The van der Waals surface area contributed by atoms with Gasteiger partial charge >= 0.3 is 5.97 Å². The molecule has 0 fully saturated rings. The summed E-state index contributed by atoms with van der Waals surface area (Å²) >= 11 is 13.7. The van der Waals surface area contributed by atoms with Crippen LogP contribution in [0.15, 0.2) is 120 Å². The molecule has 0 radical (unpaired) electrons. The fraction of sp³-hybridized carbons (Fsp3) is 0.156. The number of benzene rings is 4. The Bertz CT molecular complexity index is 1440. The lowest BCUT2D eigenvalue weighted by atomic mass is 9.84. The summed E-state index contributed by atoms with van der Waals surface area (Å²) in [6.07, 6.45) is 0.503. The number of rotatable bonds is 7. The molecule has 0 aliphatic carbocycles. The number of carbonyl (C=O) groups is 1. The average Bonchev–Trinajstić information content (AvgIpc) is 2.94. The van der Waals surface area contributed by atoms with Crippen LogP contribution in [0.4, 0.5) is 11.4 Å². The van der Waals surface area contributed by atoms with E-state index in [-0.39, 0.29) is 18.6 Å². The molecule has 1 aliphatic heterocycles. The summed E-state index contributed by atoms with van der Waals surface area (Å²) in [6, 6.07) is 34.7. The molecule has 0 saturated heterocycles. The van der Waals surface area contributed by atoms with Crippen molar-refractivity contribution in [3.05, 3.63) is 142 Å². The zero-order valence-electron chi connectivity index (χ0n) is 21.0. The van der Waals surface area contributed by atoms with Crippen LogP contribution in [0.25, 0.3) is 0 Å². The van der Waals surface area contributed by atoms with Crippen LogP contribution < -0.4 is 10.2 Å². The maximum absolute atomic E-state index is 13.8. The highest BCUT2D eigenvalue weighted by molar-refractivity contribution is 6.32. The Hall–Kier alpha value is -3.73. The maximum Gasteiger partial charge on any atom is 0.338 e. The molecule has 4 aromatic carbocycles. The number of nitrogens with one attached hydrogen (secondary N) is 1. The second kappa shape index (κ2) is 11.8. The fourth-order valence-corrected chi connectivity index (χ4v) is 5.58. The van der Waals surface area contributed by atoms with Gasteiger partial charge in [-0.1, -0.05) is 96.0 Å². The van der Waals surface area contributed by atoms with E-state index < -0.39 is 6.04 Å². The first-order chi connectivity index (χ1) is 18.6. The number of halogens is 2. The largest absolute Gasteiger partial charge is 0.463 e. The van der Waals surface area contributed by atoms with Crippen LogP contribution in [-0.2, 0) is 9.53 Å². The molecule has 6 heteroatoms. The number of hydrogen-bond acceptors (Lipinski definition) is 4. The van der Waals surface area contributed by atoms with E-state index in [9.17, 15) is 4.79 Å². The van der Waals surface area contributed by atoms with E-state index in [4.69, 9.17) is 27.9 Å². The predicted molar refractivity (Wildman–Crippen MR) is 156 cm³/mol. The van der Waals surface area contributed by atoms with Gasteiger partial charge in [-0.2, -0.15) is 0 Å². The molecule has 1 aliphatic rings. The Morgan fingerprint density at radius 1 is 0.816 bits per heavy atom. The van der Waals surface area contributed by atoms with Crippen LogP contribution in [0, 0.1) is 0 Å². The summed E-state index contributed by atoms with van der Waals surface area (Å²) in [5, 5.41) is 4.78. The van der Waals surface area contributed by atoms with Gasteiger partial charge in [0.1, 0.15) is 0 Å². The summed E-state index contributed by atoms with van der Waals surface area (Å²) in [7, 11) is 0. The third-order valence-electron chi connectivity index (χ3n) is 6.69. The van der Waals surface area contributed by atoms with E-state index in [0.29, 0.717) is 22.0 Å². The monoisotopic (exact) mass is 542 g/mol. The number of nitrogens with zero attached hydrogens (tertiary/aromatic N) is 1. The van der Waals surface area contributed by atoms with E-state index in [0.717, 1.165) is 28.2 Å². The second-order valence-corrected chi connectivity index (χ2v) is 9.83. The molecule has 0 spiro atoms. The van der Waals surface area contributed by atoms with Gasteiger partial charge < -0.3 is 15.0 Å². The van der Waals surface area contributed by atoms with Crippen LogP contribution in [0.2, 0.25) is 10.0 Å². The molecule has 0 amide bonds. The van der Waals surface area contributed by atoms with E-state index >= 15 is 0 Å².